The Balaban J connectivity index is 0.923. The van der Waals surface area contributed by atoms with Crippen molar-refractivity contribution in [3.63, 3.8) is 0 Å². The first kappa shape index (κ1) is 35.9. The highest BCUT2D eigenvalue weighted by Gasteiger charge is 2.24. The molecule has 0 bridgehead atoms. The standard InChI is InChI=1S/C58H38N4S/c1-3-13-37(14-4-1)43-33-50(38-15-5-2-6-16-38)60-57(35-43)62-52-22-10-7-19-45(52)47-27-24-42(34-54(47)62)40-18-11-17-39(31-40)41-25-28-53-48(32-41)46-20-8-9-21-51(46)61(53)44-26-29-55-49(36-44)58-56(63-55)23-12-30-59-58/h1-34,36,43H,35H2. The Hall–Kier alpha value is -7.86. The molecule has 63 heavy (non-hydrogen) atoms. The van der Waals surface area contributed by atoms with E-state index in [1.54, 1.807) is 11.3 Å². The zero-order valence-electron chi connectivity index (χ0n) is 34.2. The SMILES string of the molecule is C1=C(c2ccccc2)N=C(n2c3ccccc3c3ccc(-c4cccc(-c5ccc6c(c5)c5ccccc5n6-c5ccc6sc7cccnc7c6c5)c4)cc32)CC1c1ccccc1. The monoisotopic (exact) mass is 822 g/mol. The van der Waals surface area contributed by atoms with Crippen LogP contribution in [0.4, 0.5) is 0 Å². The predicted octanol–water partition coefficient (Wildman–Crippen LogP) is 15.5. The third-order valence-corrected chi connectivity index (χ3v) is 14.0. The van der Waals surface area contributed by atoms with Crippen LogP contribution in [0.2, 0.25) is 0 Å². The molecule has 0 N–H and O–H groups in total. The minimum Gasteiger partial charge on any atom is -0.309 e. The lowest BCUT2D eigenvalue weighted by molar-refractivity contribution is 0.857. The Morgan fingerprint density at radius 1 is 0.429 bits per heavy atom. The number of aromatic nitrogens is 3. The molecule has 1 unspecified atom stereocenters. The molecule has 0 aliphatic carbocycles. The Kier molecular flexibility index (Phi) is 8.18. The quantitative estimate of drug-likeness (QED) is 0.170. The molecule has 4 nitrogen and oxygen atoms in total. The predicted molar refractivity (Wildman–Crippen MR) is 266 cm³/mol. The second kappa shape index (κ2) is 14.4. The van der Waals surface area contributed by atoms with E-state index in [0.717, 1.165) is 40.2 Å². The van der Waals surface area contributed by atoms with Gasteiger partial charge >= 0.3 is 0 Å². The van der Waals surface area contributed by atoms with Crippen LogP contribution < -0.4 is 0 Å². The number of hydrogen-bond donors (Lipinski definition) is 0. The Morgan fingerprint density at radius 2 is 1.08 bits per heavy atom. The van der Waals surface area contributed by atoms with Gasteiger partial charge in [-0.1, -0.05) is 140 Å². The molecule has 13 rings (SSSR count). The van der Waals surface area contributed by atoms with E-state index < -0.39 is 0 Å². The summed E-state index contributed by atoms with van der Waals surface area (Å²) in [5, 5.41) is 6.13. The van der Waals surface area contributed by atoms with Crippen molar-refractivity contribution in [1.29, 1.82) is 0 Å². The molecule has 1 aliphatic rings. The van der Waals surface area contributed by atoms with Gasteiger partial charge in [0.1, 0.15) is 5.84 Å². The van der Waals surface area contributed by atoms with Gasteiger partial charge in [-0.15, -0.1) is 11.3 Å². The van der Waals surface area contributed by atoms with Crippen LogP contribution in [0.15, 0.2) is 217 Å². The van der Waals surface area contributed by atoms with E-state index in [1.165, 1.54) is 80.7 Å². The number of nitrogens with zero attached hydrogens (tertiary/aromatic N) is 4. The molecule has 8 aromatic carbocycles. The van der Waals surface area contributed by atoms with Gasteiger partial charge in [-0.3, -0.25) is 9.55 Å². The van der Waals surface area contributed by atoms with Crippen LogP contribution in [-0.4, -0.2) is 20.0 Å². The third-order valence-electron chi connectivity index (χ3n) is 12.9. The molecular weight excluding hydrogens is 785 g/mol. The summed E-state index contributed by atoms with van der Waals surface area (Å²) in [4.78, 5) is 10.2. The van der Waals surface area contributed by atoms with Crippen LogP contribution in [0, 0.1) is 0 Å². The molecule has 1 aliphatic heterocycles. The average molecular weight is 823 g/mol. The maximum Gasteiger partial charge on any atom is 0.115 e. The molecule has 1 atom stereocenters. The second-order valence-electron chi connectivity index (χ2n) is 16.5. The van der Waals surface area contributed by atoms with E-state index in [4.69, 9.17) is 9.98 Å². The number of pyridine rings is 1. The topological polar surface area (TPSA) is 35.1 Å². The fraction of sp³-hybridized carbons (Fsp3) is 0.0345. The number of rotatable bonds is 5. The highest BCUT2D eigenvalue weighted by molar-refractivity contribution is 7.25. The summed E-state index contributed by atoms with van der Waals surface area (Å²) in [6.07, 6.45) is 5.03. The van der Waals surface area contributed by atoms with E-state index in [9.17, 15) is 0 Å². The number of thiophene rings is 1. The van der Waals surface area contributed by atoms with Crippen LogP contribution in [0.1, 0.15) is 23.5 Å². The van der Waals surface area contributed by atoms with Crippen molar-refractivity contribution in [2.24, 2.45) is 4.99 Å². The molecule has 0 spiro atoms. The molecule has 0 radical (unpaired) electrons. The van der Waals surface area contributed by atoms with Gasteiger partial charge in [-0.25, -0.2) is 4.99 Å². The van der Waals surface area contributed by atoms with Crippen molar-refractivity contribution in [3.8, 4) is 27.9 Å². The average Bonchev–Trinajstić information content (AvgIpc) is 4.01. The van der Waals surface area contributed by atoms with Crippen LogP contribution >= 0.6 is 11.3 Å². The smallest absolute Gasteiger partial charge is 0.115 e. The van der Waals surface area contributed by atoms with Gasteiger partial charge in [0.05, 0.1) is 38.0 Å². The highest BCUT2D eigenvalue weighted by Crippen LogP contribution is 2.41. The number of allylic oxidation sites excluding steroid dienone is 1. The van der Waals surface area contributed by atoms with Crippen LogP contribution in [-0.2, 0) is 0 Å². The maximum atomic E-state index is 5.45. The van der Waals surface area contributed by atoms with Gasteiger partial charge in [0.2, 0.25) is 0 Å². The first-order valence-electron chi connectivity index (χ1n) is 21.6. The summed E-state index contributed by atoms with van der Waals surface area (Å²) < 4.78 is 7.29. The van der Waals surface area contributed by atoms with Crippen molar-refractivity contribution in [2.45, 2.75) is 12.3 Å². The van der Waals surface area contributed by atoms with Crippen molar-refractivity contribution in [3.05, 3.63) is 224 Å². The Labute approximate surface area is 368 Å². The molecule has 0 fully saturated rings. The minimum atomic E-state index is 0.193. The number of hydrogen-bond acceptors (Lipinski definition) is 3. The van der Waals surface area contributed by atoms with Crippen LogP contribution in [0.5, 0.6) is 0 Å². The Bertz CT molecular complexity index is 3830. The summed E-state index contributed by atoms with van der Waals surface area (Å²) in [6.45, 7) is 0. The van der Waals surface area contributed by atoms with Gasteiger partial charge in [-0.2, -0.15) is 0 Å². The molecular formula is C58H38N4S. The molecule has 4 aromatic heterocycles. The molecule has 0 amide bonds. The fourth-order valence-corrected chi connectivity index (χ4v) is 11.0. The van der Waals surface area contributed by atoms with Gasteiger partial charge in [-0.05, 0) is 100 Å². The van der Waals surface area contributed by atoms with Gasteiger partial charge in [0.15, 0.2) is 0 Å². The van der Waals surface area contributed by atoms with E-state index in [2.05, 4.69) is 209 Å². The minimum absolute atomic E-state index is 0.193. The number of para-hydroxylation sites is 2. The van der Waals surface area contributed by atoms with Crippen molar-refractivity contribution < 1.29 is 0 Å². The lowest BCUT2D eigenvalue weighted by atomic mass is 9.91. The number of fused-ring (bicyclic) bond motifs is 9. The van der Waals surface area contributed by atoms with E-state index in [-0.39, 0.29) is 5.92 Å². The zero-order valence-corrected chi connectivity index (χ0v) is 35.0. The van der Waals surface area contributed by atoms with Gasteiger partial charge in [0, 0.05) is 55.9 Å². The zero-order chi connectivity index (χ0) is 41.4. The first-order valence-corrected chi connectivity index (χ1v) is 22.4. The summed E-state index contributed by atoms with van der Waals surface area (Å²) >= 11 is 1.80. The van der Waals surface area contributed by atoms with Gasteiger partial charge in [0.25, 0.3) is 0 Å². The third kappa shape index (κ3) is 5.89. The van der Waals surface area contributed by atoms with Crippen LogP contribution in [0.3, 0.4) is 0 Å². The summed E-state index contributed by atoms with van der Waals surface area (Å²) in [6, 6.07) is 72.9. The Morgan fingerprint density at radius 3 is 1.90 bits per heavy atom. The molecule has 5 heterocycles. The van der Waals surface area contributed by atoms with Crippen LogP contribution in [0.25, 0.3) is 97.6 Å². The first-order chi connectivity index (χ1) is 31.2. The van der Waals surface area contributed by atoms with Crippen molar-refractivity contribution >= 4 is 86.8 Å². The normalized spacial score (nSPS) is 14.3. The van der Waals surface area contributed by atoms with Gasteiger partial charge < -0.3 is 4.57 Å². The summed E-state index contributed by atoms with van der Waals surface area (Å²) in [7, 11) is 0. The summed E-state index contributed by atoms with van der Waals surface area (Å²) in [5.74, 6) is 1.24. The van der Waals surface area contributed by atoms with E-state index >= 15 is 0 Å². The lowest BCUT2D eigenvalue weighted by Gasteiger charge is -2.23. The molecule has 296 valence electrons. The molecule has 0 saturated carbocycles. The molecule has 0 saturated heterocycles. The maximum absolute atomic E-state index is 5.45. The largest absolute Gasteiger partial charge is 0.309 e. The second-order valence-corrected chi connectivity index (χ2v) is 17.6. The number of aliphatic imine (C=N–C) groups is 1. The van der Waals surface area contributed by atoms with Crippen molar-refractivity contribution in [2.75, 3.05) is 0 Å². The fourth-order valence-electron chi connectivity index (χ4n) is 9.96. The molecule has 12 aromatic rings. The van der Waals surface area contributed by atoms with Crippen molar-refractivity contribution in [1.82, 2.24) is 14.1 Å². The summed E-state index contributed by atoms with van der Waals surface area (Å²) in [5.41, 5.74) is 15.1. The number of benzene rings is 8. The van der Waals surface area contributed by atoms with E-state index in [0.29, 0.717) is 0 Å². The van der Waals surface area contributed by atoms with E-state index in [1.807, 2.05) is 12.3 Å². The lowest BCUT2D eigenvalue weighted by Crippen LogP contribution is -2.18. The molecule has 5 heteroatoms. The highest BCUT2D eigenvalue weighted by atomic mass is 32.1.